The highest BCUT2D eigenvalue weighted by atomic mass is 19.4. The van der Waals surface area contributed by atoms with Crippen LogP contribution in [0.25, 0.3) is 0 Å². The minimum absolute atomic E-state index is 0.0404. The fourth-order valence-corrected chi connectivity index (χ4v) is 11.9. The Bertz CT molecular complexity index is 2960. The molecule has 2 saturated heterocycles. The Morgan fingerprint density at radius 2 is 1.18 bits per heavy atom. The van der Waals surface area contributed by atoms with Crippen LogP contribution in [0.5, 0.6) is 0 Å². The quantitative estimate of drug-likeness (QED) is 0.0300. The van der Waals surface area contributed by atoms with Crippen molar-refractivity contribution in [2.75, 3.05) is 13.7 Å². The van der Waals surface area contributed by atoms with E-state index in [0.717, 1.165) is 36.0 Å². The maximum atomic E-state index is 14.8. The summed E-state index contributed by atoms with van der Waals surface area (Å²) in [5.74, 6) is -6.63. The van der Waals surface area contributed by atoms with E-state index in [1.165, 1.54) is 19.2 Å². The Balaban J connectivity index is 1.10. The Morgan fingerprint density at radius 1 is 0.648 bits per heavy atom. The van der Waals surface area contributed by atoms with Crippen LogP contribution in [0.15, 0.2) is 164 Å². The topological polar surface area (TPSA) is 202 Å². The first kappa shape index (κ1) is 65.6. The second kappa shape index (κ2) is 32.1. The van der Waals surface area contributed by atoms with Crippen molar-refractivity contribution in [3.63, 3.8) is 0 Å². The van der Waals surface area contributed by atoms with Crippen LogP contribution in [-0.4, -0.2) is 128 Å². The second-order valence-electron chi connectivity index (χ2n) is 22.8. The standard InChI is InChI=1S/C68H78F3NO16/c1-4-49-36-51(62(74)78-3)37-52(58(49)88-66-61(81-40-47-29-17-8-18-30-47)60(80-39-46-27-15-7-16-28-46)57(43(2)84-66)79-38-45-25-13-6-14-26-45)86-65-55(72-67(77)68(69,70)71)59(56(73)54(87-65)42-83-63(75)50-33-21-10-22-34-50)85-53(35-44-23-11-5-12-24-44)64(76)82-41-48-31-19-9-20-32-48/h4,6-10,13-22,25-34,43-44,49,51-61,65-66,73H,1,5,11-12,23-24,35-42H2,2-3H3,(H,72,77)/t43-,49-,51?,52+,53-,54?,55+,56-,57?,58?,59?,60?,61-,65+,66?/m0/s1. The lowest BCUT2D eigenvalue weighted by atomic mass is 9.77. The number of nitrogens with one attached hydrogen (secondary N) is 1. The Labute approximate surface area is 511 Å². The molecule has 2 aliphatic carbocycles. The van der Waals surface area contributed by atoms with Crippen LogP contribution in [0.3, 0.4) is 0 Å². The summed E-state index contributed by atoms with van der Waals surface area (Å²) in [6, 6.07) is 43.2. The molecule has 9 rings (SSSR count). The summed E-state index contributed by atoms with van der Waals surface area (Å²) in [6.45, 7) is 5.39. The molecule has 5 aromatic rings. The van der Waals surface area contributed by atoms with E-state index in [1.807, 2.05) is 103 Å². The molecular weight excluding hydrogens is 1140 g/mol. The van der Waals surface area contributed by atoms with Gasteiger partial charge in [0, 0.05) is 5.92 Å². The number of rotatable bonds is 26. The fourth-order valence-electron chi connectivity index (χ4n) is 11.9. The molecule has 17 nitrogen and oxygen atoms in total. The maximum Gasteiger partial charge on any atom is 0.471 e. The molecule has 5 aromatic carbocycles. The number of aliphatic hydroxyl groups excluding tert-OH is 1. The van der Waals surface area contributed by atoms with Crippen LogP contribution in [0.2, 0.25) is 0 Å². The van der Waals surface area contributed by atoms with Gasteiger partial charge < -0.3 is 62.5 Å². The zero-order valence-electron chi connectivity index (χ0n) is 49.4. The first-order valence-electron chi connectivity index (χ1n) is 30.1. The van der Waals surface area contributed by atoms with Crippen molar-refractivity contribution in [1.29, 1.82) is 0 Å². The Morgan fingerprint density at radius 3 is 1.73 bits per heavy atom. The van der Waals surface area contributed by atoms with Gasteiger partial charge >= 0.3 is 30.0 Å². The van der Waals surface area contributed by atoms with E-state index in [9.17, 15) is 37.5 Å². The lowest BCUT2D eigenvalue weighted by Gasteiger charge is -2.50. The average Bonchev–Trinajstić information content (AvgIpc) is 2.06. The normalized spacial score (nSPS) is 27.9. The minimum atomic E-state index is -5.51. The zero-order chi connectivity index (χ0) is 62.0. The van der Waals surface area contributed by atoms with E-state index < -0.39 is 128 Å². The number of amides is 1. The van der Waals surface area contributed by atoms with Crippen LogP contribution in [-0.2, 0) is 92.9 Å². The van der Waals surface area contributed by atoms with Gasteiger partial charge in [0.25, 0.3) is 0 Å². The number of aliphatic hydroxyl groups is 1. The van der Waals surface area contributed by atoms with Crippen LogP contribution < -0.4 is 5.32 Å². The third-order valence-electron chi connectivity index (χ3n) is 16.6. The van der Waals surface area contributed by atoms with E-state index in [0.29, 0.717) is 18.4 Å². The van der Waals surface area contributed by atoms with Gasteiger partial charge in [-0.2, -0.15) is 13.2 Å². The Hall–Kier alpha value is -6.85. The molecule has 0 spiro atoms. The summed E-state index contributed by atoms with van der Waals surface area (Å²) in [7, 11) is 1.22. The molecule has 2 saturated carbocycles. The summed E-state index contributed by atoms with van der Waals surface area (Å²) in [4.78, 5) is 55.2. The number of carbonyl (C=O) groups is 4. The van der Waals surface area contributed by atoms with E-state index in [4.69, 9.17) is 52.1 Å². The van der Waals surface area contributed by atoms with E-state index >= 15 is 0 Å². The fraction of sp³-hybridized carbons (Fsp3) is 0.471. The molecule has 20 heteroatoms. The number of halogens is 3. The van der Waals surface area contributed by atoms with Crippen molar-refractivity contribution in [2.24, 2.45) is 17.8 Å². The maximum absolute atomic E-state index is 14.8. The van der Waals surface area contributed by atoms with Crippen LogP contribution in [0.4, 0.5) is 13.2 Å². The molecule has 2 aliphatic heterocycles. The predicted molar refractivity (Wildman–Crippen MR) is 313 cm³/mol. The van der Waals surface area contributed by atoms with Gasteiger partial charge in [-0.3, -0.25) is 9.59 Å². The van der Waals surface area contributed by atoms with Gasteiger partial charge in [0.15, 0.2) is 18.7 Å². The smallest absolute Gasteiger partial charge is 0.469 e. The van der Waals surface area contributed by atoms with E-state index in [1.54, 1.807) is 54.6 Å². The van der Waals surface area contributed by atoms with Crippen LogP contribution >= 0.6 is 0 Å². The molecule has 2 heterocycles. The van der Waals surface area contributed by atoms with Gasteiger partial charge in [-0.1, -0.05) is 178 Å². The average molecular weight is 1220 g/mol. The van der Waals surface area contributed by atoms with E-state index in [2.05, 4.69) is 6.58 Å². The molecule has 1 amide bonds. The first-order valence-corrected chi connectivity index (χ1v) is 30.1. The number of benzene rings is 5. The minimum Gasteiger partial charge on any atom is -0.469 e. The first-order chi connectivity index (χ1) is 42.6. The van der Waals surface area contributed by atoms with Crippen molar-refractivity contribution in [2.45, 2.75) is 171 Å². The largest absolute Gasteiger partial charge is 0.471 e. The molecule has 88 heavy (non-hydrogen) atoms. The summed E-state index contributed by atoms with van der Waals surface area (Å²) in [5, 5.41) is 14.5. The third kappa shape index (κ3) is 17.9. The van der Waals surface area contributed by atoms with Crippen molar-refractivity contribution in [3.05, 3.63) is 192 Å². The summed E-state index contributed by atoms with van der Waals surface area (Å²) < 4.78 is 115. The van der Waals surface area contributed by atoms with E-state index in [-0.39, 0.29) is 57.2 Å². The number of methoxy groups -OCH3 is 1. The predicted octanol–water partition coefficient (Wildman–Crippen LogP) is 10.1. The van der Waals surface area contributed by atoms with Gasteiger partial charge in [-0.05, 0) is 66.5 Å². The molecule has 0 aromatic heterocycles. The van der Waals surface area contributed by atoms with Crippen molar-refractivity contribution < 1.29 is 89.6 Å². The van der Waals surface area contributed by atoms with Crippen LogP contribution in [0, 0.1) is 17.8 Å². The second-order valence-corrected chi connectivity index (χ2v) is 22.8. The molecule has 7 unspecified atom stereocenters. The zero-order valence-corrected chi connectivity index (χ0v) is 49.4. The monoisotopic (exact) mass is 1220 g/mol. The third-order valence-corrected chi connectivity index (χ3v) is 16.6. The number of hydrogen-bond acceptors (Lipinski definition) is 16. The summed E-state index contributed by atoms with van der Waals surface area (Å²) >= 11 is 0. The highest BCUT2D eigenvalue weighted by Gasteiger charge is 2.56. The highest BCUT2D eigenvalue weighted by molar-refractivity contribution is 5.89. The Kier molecular flexibility index (Phi) is 23.9. The van der Waals surface area contributed by atoms with Crippen molar-refractivity contribution in [1.82, 2.24) is 5.32 Å². The molecule has 0 bridgehead atoms. The lowest BCUT2D eigenvalue weighted by molar-refractivity contribution is -0.350. The van der Waals surface area contributed by atoms with Gasteiger partial charge in [0.05, 0.1) is 56.7 Å². The summed E-state index contributed by atoms with van der Waals surface area (Å²) in [5.41, 5.74) is 3.33. The SMILES string of the molecule is C=C[C@H]1CC(C(=O)OC)C[C@@H](O[C@@H]2OC(COC(=O)c3ccccc3)[C@H](O)C(O[C@@H](CC3CCCCC3)C(=O)OCc3ccccc3)[C@H]2NC(=O)C(F)(F)F)C1OC1O[C@@H](C)C(OCc2ccccc2)C(OCc2ccccc2)[C@@H]1OCc1ccccc1. The molecule has 4 fully saturated rings. The number of esters is 3. The van der Waals surface area contributed by atoms with Gasteiger partial charge in [-0.15, -0.1) is 6.58 Å². The van der Waals surface area contributed by atoms with Crippen LogP contribution in [0.1, 0.15) is 90.9 Å². The molecule has 15 atom stereocenters. The van der Waals surface area contributed by atoms with Gasteiger partial charge in [0.1, 0.15) is 55.9 Å². The van der Waals surface area contributed by atoms with Crippen molar-refractivity contribution in [3.8, 4) is 0 Å². The molecule has 2 N–H and O–H groups in total. The summed E-state index contributed by atoms with van der Waals surface area (Å²) in [6.07, 6.45) is -16.5. The molecule has 0 radical (unpaired) electrons. The number of hydrogen-bond donors (Lipinski definition) is 2. The lowest BCUT2D eigenvalue weighted by Crippen LogP contribution is -2.68. The van der Waals surface area contributed by atoms with Crippen molar-refractivity contribution >= 4 is 23.8 Å². The molecular formula is C68H78F3NO16. The highest BCUT2D eigenvalue weighted by Crippen LogP contribution is 2.41. The molecule has 4 aliphatic rings. The van der Waals surface area contributed by atoms with Gasteiger partial charge in [0.2, 0.25) is 0 Å². The van der Waals surface area contributed by atoms with Gasteiger partial charge in [-0.25, -0.2) is 9.59 Å². The number of carbonyl (C=O) groups excluding carboxylic acids is 4. The number of ether oxygens (including phenoxy) is 11. The number of alkyl halides is 3. The molecule has 472 valence electrons.